The molecule has 1 aliphatic heterocycles. The molecule has 19 heavy (non-hydrogen) atoms. The van der Waals surface area contributed by atoms with Gasteiger partial charge in [-0.3, -0.25) is 4.79 Å². The van der Waals surface area contributed by atoms with Gasteiger partial charge in [-0.05, 0) is 24.1 Å². The number of alkyl halides is 3. The molecule has 2 rings (SSSR count). The zero-order valence-electron chi connectivity index (χ0n) is 9.84. The first-order valence-corrected chi connectivity index (χ1v) is 5.67. The molecule has 3 nitrogen and oxygen atoms in total. The second kappa shape index (κ2) is 5.07. The lowest BCUT2D eigenvalue weighted by molar-refractivity contribution is -0.275. The lowest BCUT2D eigenvalue weighted by Gasteiger charge is -2.16. The van der Waals surface area contributed by atoms with Crippen molar-refractivity contribution in [3.63, 3.8) is 0 Å². The molecule has 1 saturated heterocycles. The van der Waals surface area contributed by atoms with Crippen molar-refractivity contribution in [1.82, 2.24) is 4.90 Å². The van der Waals surface area contributed by atoms with E-state index in [0.29, 0.717) is 18.5 Å². The van der Waals surface area contributed by atoms with Crippen LogP contribution < -0.4 is 4.74 Å². The molecule has 0 radical (unpaired) electrons. The van der Waals surface area contributed by atoms with Crippen LogP contribution in [0, 0.1) is 5.82 Å². The van der Waals surface area contributed by atoms with E-state index in [1.54, 1.807) is 4.90 Å². The van der Waals surface area contributed by atoms with E-state index in [1.807, 2.05) is 0 Å². The monoisotopic (exact) mass is 277 g/mol. The number of benzene rings is 1. The van der Waals surface area contributed by atoms with Crippen LogP contribution in [-0.2, 0) is 11.3 Å². The van der Waals surface area contributed by atoms with E-state index in [2.05, 4.69) is 4.74 Å². The Morgan fingerprint density at radius 2 is 2.05 bits per heavy atom. The van der Waals surface area contributed by atoms with Crippen molar-refractivity contribution >= 4 is 5.91 Å². The van der Waals surface area contributed by atoms with E-state index in [1.165, 1.54) is 6.07 Å². The zero-order valence-corrected chi connectivity index (χ0v) is 9.84. The number of nitrogens with zero attached hydrogens (tertiary/aromatic N) is 1. The second-order valence-corrected chi connectivity index (χ2v) is 4.23. The van der Waals surface area contributed by atoms with Crippen LogP contribution in [-0.4, -0.2) is 23.7 Å². The molecule has 1 aliphatic rings. The standard InChI is InChI=1S/C12H11F4NO2/c13-9-6-8(7-17-5-1-2-11(17)18)3-4-10(9)19-12(14,15)16/h3-4,6H,1-2,5,7H2. The number of ether oxygens (including phenoxy) is 1. The Kier molecular flexibility index (Phi) is 3.64. The van der Waals surface area contributed by atoms with Crippen LogP contribution in [0.4, 0.5) is 17.6 Å². The molecule has 0 aliphatic carbocycles. The molecule has 104 valence electrons. The first-order chi connectivity index (χ1) is 8.85. The van der Waals surface area contributed by atoms with Crippen molar-refractivity contribution in [2.24, 2.45) is 0 Å². The minimum absolute atomic E-state index is 0.0315. The maximum absolute atomic E-state index is 13.4. The number of hydrogen-bond acceptors (Lipinski definition) is 2. The average molecular weight is 277 g/mol. The van der Waals surface area contributed by atoms with E-state index < -0.39 is 17.9 Å². The fourth-order valence-electron chi connectivity index (χ4n) is 1.94. The summed E-state index contributed by atoms with van der Waals surface area (Å²) in [6.07, 6.45) is -3.72. The third-order valence-corrected chi connectivity index (χ3v) is 2.77. The lowest BCUT2D eigenvalue weighted by Crippen LogP contribution is -2.24. The van der Waals surface area contributed by atoms with Crippen LogP contribution in [0.1, 0.15) is 18.4 Å². The van der Waals surface area contributed by atoms with E-state index in [4.69, 9.17) is 0 Å². The van der Waals surface area contributed by atoms with E-state index in [0.717, 1.165) is 18.6 Å². The van der Waals surface area contributed by atoms with Crippen molar-refractivity contribution in [3.8, 4) is 5.75 Å². The van der Waals surface area contributed by atoms with Gasteiger partial charge >= 0.3 is 6.36 Å². The Balaban J connectivity index is 2.08. The van der Waals surface area contributed by atoms with Crippen LogP contribution in [0.2, 0.25) is 0 Å². The molecule has 1 aromatic rings. The first kappa shape index (κ1) is 13.6. The van der Waals surface area contributed by atoms with Crippen LogP contribution in [0.5, 0.6) is 5.75 Å². The third kappa shape index (κ3) is 3.59. The minimum Gasteiger partial charge on any atom is -0.403 e. The number of carbonyl (C=O) groups is 1. The fourth-order valence-corrected chi connectivity index (χ4v) is 1.94. The SMILES string of the molecule is O=C1CCCN1Cc1ccc(OC(F)(F)F)c(F)c1. The Bertz CT molecular complexity index is 487. The summed E-state index contributed by atoms with van der Waals surface area (Å²) in [7, 11) is 0. The molecule has 0 spiro atoms. The van der Waals surface area contributed by atoms with Crippen molar-refractivity contribution < 1.29 is 27.1 Å². The number of amides is 1. The van der Waals surface area contributed by atoms with Crippen LogP contribution in [0.15, 0.2) is 18.2 Å². The Morgan fingerprint density at radius 3 is 2.58 bits per heavy atom. The topological polar surface area (TPSA) is 29.5 Å². The molecule has 0 aromatic heterocycles. The van der Waals surface area contributed by atoms with Gasteiger partial charge in [0.25, 0.3) is 0 Å². The van der Waals surface area contributed by atoms with Gasteiger partial charge in [0, 0.05) is 19.5 Å². The molecular formula is C12H11F4NO2. The van der Waals surface area contributed by atoms with Crippen molar-refractivity contribution in [2.75, 3.05) is 6.54 Å². The van der Waals surface area contributed by atoms with Gasteiger partial charge in [0.1, 0.15) is 0 Å². The van der Waals surface area contributed by atoms with E-state index in [-0.39, 0.29) is 12.5 Å². The van der Waals surface area contributed by atoms with E-state index in [9.17, 15) is 22.4 Å². The largest absolute Gasteiger partial charge is 0.573 e. The number of halogens is 4. The summed E-state index contributed by atoms with van der Waals surface area (Å²) in [5, 5.41) is 0. The van der Waals surface area contributed by atoms with Gasteiger partial charge in [-0.25, -0.2) is 4.39 Å². The minimum atomic E-state index is -4.92. The van der Waals surface area contributed by atoms with Crippen LogP contribution >= 0.6 is 0 Å². The molecule has 0 atom stereocenters. The predicted molar refractivity (Wildman–Crippen MR) is 57.7 cm³/mol. The summed E-state index contributed by atoms with van der Waals surface area (Å²) < 4.78 is 52.8. The Morgan fingerprint density at radius 1 is 1.32 bits per heavy atom. The van der Waals surface area contributed by atoms with E-state index >= 15 is 0 Å². The molecule has 0 saturated carbocycles. The lowest BCUT2D eigenvalue weighted by atomic mass is 10.2. The summed E-state index contributed by atoms with van der Waals surface area (Å²) in [5.41, 5.74) is 0.433. The highest BCUT2D eigenvalue weighted by molar-refractivity contribution is 5.78. The molecular weight excluding hydrogens is 266 g/mol. The van der Waals surface area contributed by atoms with Gasteiger partial charge in [0.05, 0.1) is 0 Å². The molecule has 0 unspecified atom stereocenters. The van der Waals surface area contributed by atoms with Gasteiger partial charge in [0.15, 0.2) is 11.6 Å². The molecule has 1 fully saturated rings. The molecule has 0 bridgehead atoms. The average Bonchev–Trinajstić information content (AvgIpc) is 2.67. The number of rotatable bonds is 3. The summed E-state index contributed by atoms with van der Waals surface area (Å²) >= 11 is 0. The summed E-state index contributed by atoms with van der Waals surface area (Å²) in [5.74, 6) is -2.00. The quantitative estimate of drug-likeness (QED) is 0.795. The summed E-state index contributed by atoms with van der Waals surface area (Å²) in [6, 6.07) is 3.18. The number of hydrogen-bond donors (Lipinski definition) is 0. The highest BCUT2D eigenvalue weighted by Crippen LogP contribution is 2.26. The van der Waals surface area contributed by atoms with Gasteiger partial charge in [-0.2, -0.15) is 0 Å². The van der Waals surface area contributed by atoms with Crippen molar-refractivity contribution in [3.05, 3.63) is 29.6 Å². The number of likely N-dealkylation sites (tertiary alicyclic amines) is 1. The summed E-state index contributed by atoms with van der Waals surface area (Å²) in [6.45, 7) is 0.781. The Hall–Kier alpha value is -1.79. The molecule has 1 heterocycles. The maximum Gasteiger partial charge on any atom is 0.573 e. The third-order valence-electron chi connectivity index (χ3n) is 2.77. The molecule has 1 aromatic carbocycles. The normalized spacial score (nSPS) is 16.0. The van der Waals surface area contributed by atoms with Crippen molar-refractivity contribution in [1.29, 1.82) is 0 Å². The van der Waals surface area contributed by atoms with Gasteiger partial charge < -0.3 is 9.64 Å². The number of carbonyl (C=O) groups excluding carboxylic acids is 1. The van der Waals surface area contributed by atoms with Crippen molar-refractivity contribution in [2.45, 2.75) is 25.7 Å². The summed E-state index contributed by atoms with van der Waals surface area (Å²) in [4.78, 5) is 12.9. The predicted octanol–water partition coefficient (Wildman–Crippen LogP) is 2.85. The van der Waals surface area contributed by atoms with Crippen LogP contribution in [0.3, 0.4) is 0 Å². The van der Waals surface area contributed by atoms with Gasteiger partial charge in [-0.15, -0.1) is 13.2 Å². The second-order valence-electron chi connectivity index (χ2n) is 4.23. The molecule has 0 N–H and O–H groups in total. The van der Waals surface area contributed by atoms with Crippen LogP contribution in [0.25, 0.3) is 0 Å². The molecule has 7 heteroatoms. The van der Waals surface area contributed by atoms with Gasteiger partial charge in [-0.1, -0.05) is 6.07 Å². The zero-order chi connectivity index (χ0) is 14.0. The Labute approximate surface area is 106 Å². The highest BCUT2D eigenvalue weighted by atomic mass is 19.4. The highest BCUT2D eigenvalue weighted by Gasteiger charge is 2.32. The first-order valence-electron chi connectivity index (χ1n) is 5.67. The van der Waals surface area contributed by atoms with Gasteiger partial charge in [0.2, 0.25) is 5.91 Å². The smallest absolute Gasteiger partial charge is 0.403 e. The maximum atomic E-state index is 13.4. The fraction of sp³-hybridized carbons (Fsp3) is 0.417. The molecule has 1 amide bonds.